The first-order valence-corrected chi connectivity index (χ1v) is 7.26. The van der Waals surface area contributed by atoms with Gasteiger partial charge in [0.15, 0.2) is 11.9 Å². The lowest BCUT2D eigenvalue weighted by Crippen LogP contribution is -1.98. The fraction of sp³-hybridized carbons (Fsp3) is 0. The lowest BCUT2D eigenvalue weighted by molar-refractivity contribution is -0.103. The predicted molar refractivity (Wildman–Crippen MR) is 90.1 cm³/mol. The van der Waals surface area contributed by atoms with Crippen molar-refractivity contribution in [3.05, 3.63) is 65.1 Å². The normalized spacial score (nSPS) is 11.5. The molecule has 1 heterocycles. The molecule has 0 aliphatic heterocycles. The van der Waals surface area contributed by atoms with E-state index in [0.717, 1.165) is 0 Å². The lowest BCUT2D eigenvalue weighted by Gasteiger charge is -2.02. The number of nitrogens with zero attached hydrogens (tertiary/aromatic N) is 1. The number of anilines is 1. The first-order chi connectivity index (χ1) is 11.6. The van der Waals surface area contributed by atoms with Crippen molar-refractivity contribution >= 4 is 46.2 Å². The van der Waals surface area contributed by atoms with Crippen LogP contribution in [0.5, 0.6) is 0 Å². The SMILES string of the molecule is O=CC(=CNc1cccc(C(=O)O)c1)c1nc2cc(Cl)ccc2o1. The van der Waals surface area contributed by atoms with Crippen LogP contribution < -0.4 is 5.32 Å². The molecule has 1 aromatic heterocycles. The summed E-state index contributed by atoms with van der Waals surface area (Å²) in [5, 5.41) is 12.4. The number of carboxylic acid groups (broad SMARTS) is 1. The molecule has 3 aromatic rings. The molecule has 0 bridgehead atoms. The average Bonchev–Trinajstić information content (AvgIpc) is 2.98. The Hall–Kier alpha value is -3.12. The monoisotopic (exact) mass is 342 g/mol. The maximum absolute atomic E-state index is 11.3. The van der Waals surface area contributed by atoms with Crippen LogP contribution in [0.2, 0.25) is 5.02 Å². The van der Waals surface area contributed by atoms with Crippen LogP contribution >= 0.6 is 11.6 Å². The number of rotatable bonds is 5. The molecule has 7 heteroatoms. The summed E-state index contributed by atoms with van der Waals surface area (Å²) in [6.07, 6.45) is 2.00. The maximum atomic E-state index is 11.3. The summed E-state index contributed by atoms with van der Waals surface area (Å²) >= 11 is 5.90. The molecule has 3 rings (SSSR count). The Morgan fingerprint density at radius 3 is 2.83 bits per heavy atom. The maximum Gasteiger partial charge on any atom is 0.335 e. The summed E-state index contributed by atoms with van der Waals surface area (Å²) in [7, 11) is 0. The van der Waals surface area contributed by atoms with Crippen molar-refractivity contribution in [3.8, 4) is 0 Å². The zero-order valence-corrected chi connectivity index (χ0v) is 12.9. The van der Waals surface area contributed by atoms with E-state index in [4.69, 9.17) is 21.1 Å². The highest BCUT2D eigenvalue weighted by atomic mass is 35.5. The Morgan fingerprint density at radius 2 is 2.08 bits per heavy atom. The summed E-state index contributed by atoms with van der Waals surface area (Å²) in [6, 6.07) is 11.2. The molecule has 0 aliphatic carbocycles. The largest absolute Gasteiger partial charge is 0.478 e. The Labute approximate surface area is 141 Å². The van der Waals surface area contributed by atoms with Gasteiger partial charge in [-0.25, -0.2) is 9.78 Å². The first-order valence-electron chi connectivity index (χ1n) is 6.88. The van der Waals surface area contributed by atoms with Crippen molar-refractivity contribution in [2.75, 3.05) is 5.32 Å². The summed E-state index contributed by atoms with van der Waals surface area (Å²) in [6.45, 7) is 0. The van der Waals surface area contributed by atoms with Gasteiger partial charge in [0.2, 0.25) is 5.89 Å². The van der Waals surface area contributed by atoms with Crippen molar-refractivity contribution in [2.45, 2.75) is 0 Å². The van der Waals surface area contributed by atoms with Crippen molar-refractivity contribution in [1.29, 1.82) is 0 Å². The van der Waals surface area contributed by atoms with Crippen molar-refractivity contribution in [1.82, 2.24) is 4.98 Å². The molecule has 0 unspecified atom stereocenters. The van der Waals surface area contributed by atoms with Gasteiger partial charge in [-0.15, -0.1) is 0 Å². The van der Waals surface area contributed by atoms with Gasteiger partial charge in [-0.2, -0.15) is 0 Å². The number of carbonyl (C=O) groups is 2. The van der Waals surface area contributed by atoms with Crippen LogP contribution in [0.15, 0.2) is 53.1 Å². The number of carbonyl (C=O) groups excluding carboxylic acids is 1. The minimum Gasteiger partial charge on any atom is -0.478 e. The number of aldehydes is 1. The molecule has 0 saturated carbocycles. The van der Waals surface area contributed by atoms with Crippen LogP contribution in [0.1, 0.15) is 16.2 Å². The molecule has 0 radical (unpaired) electrons. The fourth-order valence-electron chi connectivity index (χ4n) is 2.07. The number of aromatic carboxylic acids is 1. The van der Waals surface area contributed by atoms with Gasteiger partial charge in [0.05, 0.1) is 11.1 Å². The quantitative estimate of drug-likeness (QED) is 0.540. The van der Waals surface area contributed by atoms with Crippen molar-refractivity contribution < 1.29 is 19.1 Å². The molecule has 0 saturated heterocycles. The molecule has 2 aromatic carbocycles. The number of benzene rings is 2. The molecule has 120 valence electrons. The van der Waals surface area contributed by atoms with Gasteiger partial charge < -0.3 is 14.8 Å². The van der Waals surface area contributed by atoms with Gasteiger partial charge in [0.1, 0.15) is 5.52 Å². The third kappa shape index (κ3) is 3.28. The third-order valence-corrected chi connectivity index (χ3v) is 3.46. The van der Waals surface area contributed by atoms with Gasteiger partial charge in [-0.05, 0) is 36.4 Å². The summed E-state index contributed by atoms with van der Waals surface area (Å²) in [5.74, 6) is -0.891. The number of halogens is 1. The molecule has 2 N–H and O–H groups in total. The summed E-state index contributed by atoms with van der Waals surface area (Å²) in [4.78, 5) is 26.5. The summed E-state index contributed by atoms with van der Waals surface area (Å²) < 4.78 is 5.52. The lowest BCUT2D eigenvalue weighted by atomic mass is 10.2. The van der Waals surface area contributed by atoms with Crippen molar-refractivity contribution in [2.24, 2.45) is 0 Å². The zero-order chi connectivity index (χ0) is 17.1. The second kappa shape index (κ2) is 6.55. The number of aromatic nitrogens is 1. The van der Waals surface area contributed by atoms with Crippen LogP contribution in [0.4, 0.5) is 5.69 Å². The van der Waals surface area contributed by atoms with E-state index in [1.165, 1.54) is 18.3 Å². The first kappa shape index (κ1) is 15.8. The van der Waals surface area contributed by atoms with E-state index in [1.54, 1.807) is 30.3 Å². The van der Waals surface area contributed by atoms with Gasteiger partial charge in [0, 0.05) is 16.9 Å². The van der Waals surface area contributed by atoms with Gasteiger partial charge in [0.25, 0.3) is 0 Å². The predicted octanol–water partition coefficient (Wildman–Crippen LogP) is 3.83. The minimum atomic E-state index is -1.03. The third-order valence-electron chi connectivity index (χ3n) is 3.23. The molecule has 0 spiro atoms. The van der Waals surface area contributed by atoms with E-state index < -0.39 is 5.97 Å². The van der Waals surface area contributed by atoms with Crippen LogP contribution in [0.25, 0.3) is 16.7 Å². The minimum absolute atomic E-state index is 0.137. The molecule has 0 atom stereocenters. The highest BCUT2D eigenvalue weighted by Crippen LogP contribution is 2.23. The van der Waals surface area contributed by atoms with Crippen molar-refractivity contribution in [3.63, 3.8) is 0 Å². The second-order valence-electron chi connectivity index (χ2n) is 4.88. The Balaban J connectivity index is 1.89. The van der Waals surface area contributed by atoms with Gasteiger partial charge in [-0.1, -0.05) is 17.7 Å². The fourth-order valence-corrected chi connectivity index (χ4v) is 2.24. The number of fused-ring (bicyclic) bond motifs is 1. The van der Waals surface area contributed by atoms with E-state index >= 15 is 0 Å². The van der Waals surface area contributed by atoms with Crippen LogP contribution in [-0.2, 0) is 4.79 Å². The number of hydrogen-bond acceptors (Lipinski definition) is 5. The van der Waals surface area contributed by atoms with Gasteiger partial charge >= 0.3 is 5.97 Å². The van der Waals surface area contributed by atoms with Crippen LogP contribution in [0, 0.1) is 0 Å². The number of allylic oxidation sites excluding steroid dienone is 1. The number of nitrogens with one attached hydrogen (secondary N) is 1. The van der Waals surface area contributed by atoms with Crippen LogP contribution in [-0.4, -0.2) is 22.3 Å². The highest BCUT2D eigenvalue weighted by Gasteiger charge is 2.11. The molecular weight excluding hydrogens is 332 g/mol. The zero-order valence-electron chi connectivity index (χ0n) is 12.2. The molecule has 0 aliphatic rings. The van der Waals surface area contributed by atoms with Crippen LogP contribution in [0.3, 0.4) is 0 Å². The molecule has 0 fully saturated rings. The molecule has 6 nitrogen and oxygen atoms in total. The van der Waals surface area contributed by atoms with E-state index in [9.17, 15) is 9.59 Å². The molecule has 0 amide bonds. The Morgan fingerprint density at radius 1 is 1.25 bits per heavy atom. The standard InChI is InChI=1S/C17H11ClN2O4/c18-12-4-5-15-14(7-12)20-16(24-15)11(9-21)8-19-13-3-1-2-10(6-13)17(22)23/h1-9,19H,(H,22,23). The summed E-state index contributed by atoms with van der Waals surface area (Å²) in [5.41, 5.74) is 1.89. The number of oxazole rings is 1. The molecule has 24 heavy (non-hydrogen) atoms. The average molecular weight is 343 g/mol. The number of hydrogen-bond donors (Lipinski definition) is 2. The van der Waals surface area contributed by atoms with Gasteiger partial charge in [-0.3, -0.25) is 4.79 Å². The molecular formula is C17H11ClN2O4. The second-order valence-corrected chi connectivity index (χ2v) is 5.32. The van der Waals surface area contributed by atoms with E-state index in [1.807, 2.05) is 0 Å². The topological polar surface area (TPSA) is 92.4 Å². The number of carboxylic acids is 1. The smallest absolute Gasteiger partial charge is 0.335 e. The highest BCUT2D eigenvalue weighted by molar-refractivity contribution is 6.31. The Bertz CT molecular complexity index is 962. The van der Waals surface area contributed by atoms with E-state index in [2.05, 4.69) is 10.3 Å². The van der Waals surface area contributed by atoms with E-state index in [0.29, 0.717) is 28.1 Å². The Kier molecular flexibility index (Phi) is 4.31. The van der Waals surface area contributed by atoms with E-state index in [-0.39, 0.29) is 17.0 Å².